The standard InChI is InChI=1S/C18H17ClN4O3S/c1-11(17-20-18(22-21-17)14-3-7-15(19)8-4-14)23-27(25,26)16-9-5-13(6-10-16)12(2)24/h3-11,23H,1-2H3,(H,20,21,22). The van der Waals surface area contributed by atoms with E-state index in [0.717, 1.165) is 5.56 Å². The normalized spacial score (nSPS) is 12.7. The Bertz CT molecular complexity index is 1060. The van der Waals surface area contributed by atoms with Gasteiger partial charge in [0.05, 0.1) is 10.9 Å². The summed E-state index contributed by atoms with van der Waals surface area (Å²) in [5.74, 6) is 0.694. The van der Waals surface area contributed by atoms with Crippen LogP contribution in [0.15, 0.2) is 53.4 Å². The number of carbonyl (C=O) groups excluding carboxylic acids is 1. The molecule has 0 fully saturated rings. The lowest BCUT2D eigenvalue weighted by Crippen LogP contribution is -2.27. The van der Waals surface area contributed by atoms with Crippen LogP contribution in [0.3, 0.4) is 0 Å². The largest absolute Gasteiger partial charge is 0.295 e. The van der Waals surface area contributed by atoms with E-state index in [-0.39, 0.29) is 10.7 Å². The SMILES string of the molecule is CC(=O)c1ccc(S(=O)(=O)NC(C)c2nc(-c3ccc(Cl)cc3)n[nH]2)cc1. The number of benzene rings is 2. The summed E-state index contributed by atoms with van der Waals surface area (Å²) >= 11 is 5.87. The van der Waals surface area contributed by atoms with Gasteiger partial charge in [-0.25, -0.2) is 18.1 Å². The van der Waals surface area contributed by atoms with E-state index in [2.05, 4.69) is 19.9 Å². The van der Waals surface area contributed by atoms with Gasteiger partial charge in [-0.05, 0) is 50.2 Å². The first kappa shape index (κ1) is 19.2. The highest BCUT2D eigenvalue weighted by Gasteiger charge is 2.21. The maximum Gasteiger partial charge on any atom is 0.241 e. The lowest BCUT2D eigenvalue weighted by atomic mass is 10.2. The second-order valence-corrected chi connectivity index (χ2v) is 8.13. The third-order valence-corrected chi connectivity index (χ3v) is 5.73. The topological polar surface area (TPSA) is 105 Å². The van der Waals surface area contributed by atoms with Gasteiger partial charge in [-0.3, -0.25) is 9.89 Å². The number of aromatic amines is 1. The molecule has 0 radical (unpaired) electrons. The summed E-state index contributed by atoms with van der Waals surface area (Å²) in [6, 6.07) is 12.1. The summed E-state index contributed by atoms with van der Waals surface area (Å²) in [5, 5.41) is 7.47. The van der Waals surface area contributed by atoms with Gasteiger partial charge >= 0.3 is 0 Å². The molecule has 0 bridgehead atoms. The van der Waals surface area contributed by atoms with Crippen molar-refractivity contribution < 1.29 is 13.2 Å². The zero-order valence-corrected chi connectivity index (χ0v) is 16.2. The van der Waals surface area contributed by atoms with Crippen LogP contribution < -0.4 is 4.72 Å². The highest BCUT2D eigenvalue weighted by molar-refractivity contribution is 7.89. The molecule has 0 spiro atoms. The van der Waals surface area contributed by atoms with Gasteiger partial charge in [0.1, 0.15) is 5.82 Å². The van der Waals surface area contributed by atoms with Crippen LogP contribution in [0, 0.1) is 0 Å². The van der Waals surface area contributed by atoms with Gasteiger partial charge in [-0.1, -0.05) is 23.7 Å². The van der Waals surface area contributed by atoms with E-state index in [1.807, 2.05) is 0 Å². The highest BCUT2D eigenvalue weighted by Crippen LogP contribution is 2.20. The molecule has 1 heterocycles. The maximum absolute atomic E-state index is 12.5. The molecule has 1 atom stereocenters. The fraction of sp³-hybridized carbons (Fsp3) is 0.167. The maximum atomic E-state index is 12.5. The van der Waals surface area contributed by atoms with E-state index >= 15 is 0 Å². The van der Waals surface area contributed by atoms with E-state index < -0.39 is 16.1 Å². The Hall–Kier alpha value is -2.55. The molecule has 0 saturated carbocycles. The fourth-order valence-corrected chi connectivity index (χ4v) is 3.75. The number of nitrogens with one attached hydrogen (secondary N) is 2. The van der Waals surface area contributed by atoms with Gasteiger partial charge in [0.15, 0.2) is 11.6 Å². The third kappa shape index (κ3) is 4.41. The number of carbonyl (C=O) groups is 1. The van der Waals surface area contributed by atoms with E-state index in [4.69, 9.17) is 11.6 Å². The van der Waals surface area contributed by atoms with Crippen molar-refractivity contribution in [2.24, 2.45) is 0 Å². The summed E-state index contributed by atoms with van der Waals surface area (Å²) < 4.78 is 27.6. The first-order valence-electron chi connectivity index (χ1n) is 8.08. The second-order valence-electron chi connectivity index (χ2n) is 5.97. The summed E-state index contributed by atoms with van der Waals surface area (Å²) in [5.41, 5.74) is 1.21. The number of ketones is 1. The van der Waals surface area contributed by atoms with Gasteiger partial charge in [0, 0.05) is 16.1 Å². The van der Waals surface area contributed by atoms with Crippen molar-refractivity contribution in [1.29, 1.82) is 0 Å². The minimum Gasteiger partial charge on any atom is -0.295 e. The van der Waals surface area contributed by atoms with Crippen LogP contribution >= 0.6 is 11.6 Å². The van der Waals surface area contributed by atoms with Crippen molar-refractivity contribution in [3.63, 3.8) is 0 Å². The second kappa shape index (κ2) is 7.59. The fourth-order valence-electron chi connectivity index (χ4n) is 2.42. The summed E-state index contributed by atoms with van der Waals surface area (Å²) in [4.78, 5) is 15.7. The predicted molar refractivity (Wildman–Crippen MR) is 102 cm³/mol. The average Bonchev–Trinajstić information content (AvgIpc) is 3.12. The zero-order valence-electron chi connectivity index (χ0n) is 14.6. The molecule has 3 rings (SSSR count). The predicted octanol–water partition coefficient (Wildman–Crippen LogP) is 3.37. The van der Waals surface area contributed by atoms with Gasteiger partial charge in [-0.2, -0.15) is 5.10 Å². The van der Waals surface area contributed by atoms with Gasteiger partial charge < -0.3 is 0 Å². The minimum absolute atomic E-state index is 0.0665. The smallest absolute Gasteiger partial charge is 0.241 e. The molecule has 2 N–H and O–H groups in total. The molecule has 7 nitrogen and oxygen atoms in total. The molecule has 0 aliphatic carbocycles. The lowest BCUT2D eigenvalue weighted by molar-refractivity contribution is 0.101. The van der Waals surface area contributed by atoms with Gasteiger partial charge in [0.25, 0.3) is 0 Å². The van der Waals surface area contributed by atoms with Crippen LogP contribution in [0.25, 0.3) is 11.4 Å². The van der Waals surface area contributed by atoms with Crippen LogP contribution in [-0.4, -0.2) is 29.4 Å². The number of halogens is 1. The molecular formula is C18H17ClN4O3S. The Balaban J connectivity index is 1.77. The summed E-state index contributed by atoms with van der Waals surface area (Å²) in [6.07, 6.45) is 0. The van der Waals surface area contributed by atoms with Crippen molar-refractivity contribution in [1.82, 2.24) is 19.9 Å². The van der Waals surface area contributed by atoms with Crippen LogP contribution in [0.2, 0.25) is 5.02 Å². The van der Waals surface area contributed by atoms with E-state index in [1.54, 1.807) is 31.2 Å². The Morgan fingerprint density at radius 1 is 1.11 bits per heavy atom. The number of rotatable bonds is 6. The molecule has 27 heavy (non-hydrogen) atoms. The summed E-state index contributed by atoms with van der Waals surface area (Å²) in [6.45, 7) is 3.08. The molecule has 0 aliphatic rings. The molecule has 2 aromatic carbocycles. The summed E-state index contributed by atoms with van der Waals surface area (Å²) in [7, 11) is -3.78. The number of sulfonamides is 1. The van der Waals surface area contributed by atoms with Crippen molar-refractivity contribution >= 4 is 27.4 Å². The van der Waals surface area contributed by atoms with E-state index in [0.29, 0.717) is 22.2 Å². The average molecular weight is 405 g/mol. The van der Waals surface area contributed by atoms with Crippen molar-refractivity contribution in [2.45, 2.75) is 24.8 Å². The number of aromatic nitrogens is 3. The Morgan fingerprint density at radius 3 is 2.33 bits per heavy atom. The lowest BCUT2D eigenvalue weighted by Gasteiger charge is -2.12. The molecule has 1 unspecified atom stereocenters. The number of H-pyrrole nitrogens is 1. The Morgan fingerprint density at radius 2 is 1.74 bits per heavy atom. The molecule has 0 aliphatic heterocycles. The zero-order chi connectivity index (χ0) is 19.6. The molecule has 0 amide bonds. The number of hydrogen-bond donors (Lipinski definition) is 2. The number of hydrogen-bond acceptors (Lipinski definition) is 5. The first-order chi connectivity index (χ1) is 12.8. The Kier molecular flexibility index (Phi) is 5.41. The molecule has 9 heteroatoms. The van der Waals surface area contributed by atoms with Crippen LogP contribution in [-0.2, 0) is 10.0 Å². The highest BCUT2D eigenvalue weighted by atomic mass is 35.5. The minimum atomic E-state index is -3.78. The van der Waals surface area contributed by atoms with Crippen molar-refractivity contribution in [3.05, 3.63) is 64.9 Å². The monoisotopic (exact) mass is 404 g/mol. The van der Waals surface area contributed by atoms with E-state index in [9.17, 15) is 13.2 Å². The van der Waals surface area contributed by atoms with Gasteiger partial charge in [-0.15, -0.1) is 0 Å². The molecule has 140 valence electrons. The van der Waals surface area contributed by atoms with Crippen molar-refractivity contribution in [2.75, 3.05) is 0 Å². The van der Waals surface area contributed by atoms with E-state index in [1.165, 1.54) is 31.2 Å². The van der Waals surface area contributed by atoms with Crippen molar-refractivity contribution in [3.8, 4) is 11.4 Å². The van der Waals surface area contributed by atoms with Gasteiger partial charge in [0.2, 0.25) is 10.0 Å². The quantitative estimate of drug-likeness (QED) is 0.613. The van der Waals surface area contributed by atoms with Crippen LogP contribution in [0.4, 0.5) is 0 Å². The van der Waals surface area contributed by atoms with Crippen LogP contribution in [0.1, 0.15) is 36.1 Å². The molecule has 0 saturated heterocycles. The number of Topliss-reactive ketones (excluding diaryl/α,β-unsaturated/α-hetero) is 1. The third-order valence-electron chi connectivity index (χ3n) is 3.92. The molecular weight excluding hydrogens is 388 g/mol. The number of nitrogens with zero attached hydrogens (tertiary/aromatic N) is 2. The molecule has 3 aromatic rings. The first-order valence-corrected chi connectivity index (χ1v) is 9.94. The Labute approximate surface area is 161 Å². The molecule has 1 aromatic heterocycles. The van der Waals surface area contributed by atoms with Crippen LogP contribution in [0.5, 0.6) is 0 Å².